The molecule has 0 N–H and O–H groups in total. The number of para-hydroxylation sites is 1. The number of pyridine rings is 1. The van der Waals surface area contributed by atoms with Crippen LogP contribution in [0.15, 0.2) is 61.1 Å². The lowest BCUT2D eigenvalue weighted by atomic mass is 10.2. The molecule has 0 unspecified atom stereocenters. The van der Waals surface area contributed by atoms with Gasteiger partial charge in [0.25, 0.3) is 5.91 Å². The van der Waals surface area contributed by atoms with E-state index in [9.17, 15) is 4.79 Å². The fraction of sp³-hybridized carbons (Fsp3) is 0.111. The van der Waals surface area contributed by atoms with Crippen LogP contribution in [-0.4, -0.2) is 34.0 Å². The number of amides is 1. The van der Waals surface area contributed by atoms with Gasteiger partial charge in [-0.05, 0) is 24.3 Å². The highest BCUT2D eigenvalue weighted by Gasteiger charge is 2.26. The van der Waals surface area contributed by atoms with Crippen molar-refractivity contribution >= 4 is 11.6 Å². The first-order valence-corrected chi connectivity index (χ1v) is 7.60. The first kappa shape index (κ1) is 14.3. The second-order valence-electron chi connectivity index (χ2n) is 5.29. The van der Waals surface area contributed by atoms with Crippen molar-refractivity contribution in [1.29, 1.82) is 0 Å². The maximum atomic E-state index is 12.8. The summed E-state index contributed by atoms with van der Waals surface area (Å²) in [5.74, 6) is 0.673. The highest BCUT2D eigenvalue weighted by molar-refractivity contribution is 6.07. The Hall–Kier alpha value is -3.28. The molecule has 0 radical (unpaired) electrons. The first-order valence-electron chi connectivity index (χ1n) is 7.60. The smallest absolute Gasteiger partial charge is 0.265 e. The summed E-state index contributed by atoms with van der Waals surface area (Å²) in [4.78, 5) is 27.2. The van der Waals surface area contributed by atoms with Crippen molar-refractivity contribution in [2.45, 2.75) is 0 Å². The second-order valence-corrected chi connectivity index (χ2v) is 5.29. The van der Waals surface area contributed by atoms with Gasteiger partial charge in [-0.3, -0.25) is 9.78 Å². The second kappa shape index (κ2) is 6.08. The summed E-state index contributed by atoms with van der Waals surface area (Å²) >= 11 is 0. The van der Waals surface area contributed by atoms with E-state index in [1.54, 1.807) is 17.3 Å². The van der Waals surface area contributed by atoms with Gasteiger partial charge >= 0.3 is 0 Å². The molecule has 4 rings (SSSR count). The minimum absolute atomic E-state index is 0.157. The van der Waals surface area contributed by atoms with Gasteiger partial charge in [0.1, 0.15) is 12.2 Å². The van der Waals surface area contributed by atoms with E-state index in [1.165, 1.54) is 6.20 Å². The van der Waals surface area contributed by atoms with Gasteiger partial charge in [0.05, 0.1) is 6.54 Å². The summed E-state index contributed by atoms with van der Waals surface area (Å²) in [6.45, 7) is 0.838. The van der Waals surface area contributed by atoms with E-state index in [1.807, 2.05) is 42.5 Å². The van der Waals surface area contributed by atoms with Crippen LogP contribution in [-0.2, 0) is 0 Å². The minimum atomic E-state index is -0.157. The Labute approximate surface area is 138 Å². The molecule has 1 aliphatic rings. The topological polar surface area (TPSA) is 68.2 Å². The molecular weight excluding hydrogens is 304 g/mol. The Morgan fingerprint density at radius 1 is 1.04 bits per heavy atom. The molecule has 0 saturated heterocycles. The van der Waals surface area contributed by atoms with Crippen molar-refractivity contribution in [2.24, 2.45) is 0 Å². The normalized spacial score (nSPS) is 13.8. The van der Waals surface area contributed by atoms with Crippen LogP contribution in [0.5, 0.6) is 5.88 Å². The van der Waals surface area contributed by atoms with Crippen LogP contribution < -0.4 is 9.64 Å². The molecule has 3 heterocycles. The van der Waals surface area contributed by atoms with E-state index >= 15 is 0 Å². The van der Waals surface area contributed by atoms with Gasteiger partial charge < -0.3 is 9.64 Å². The average molecular weight is 318 g/mol. The van der Waals surface area contributed by atoms with Crippen molar-refractivity contribution in [3.05, 3.63) is 66.6 Å². The third-order valence-corrected chi connectivity index (χ3v) is 3.79. The Kier molecular flexibility index (Phi) is 3.63. The maximum Gasteiger partial charge on any atom is 0.265 e. The molecule has 0 saturated carbocycles. The van der Waals surface area contributed by atoms with Crippen molar-refractivity contribution < 1.29 is 9.53 Å². The molecule has 1 aromatic carbocycles. The molecular formula is C18H14N4O2. The van der Waals surface area contributed by atoms with Gasteiger partial charge in [-0.15, -0.1) is 0 Å². The lowest BCUT2D eigenvalue weighted by molar-refractivity contribution is 0.0989. The van der Waals surface area contributed by atoms with Crippen LogP contribution in [0, 0.1) is 0 Å². The highest BCUT2D eigenvalue weighted by Crippen LogP contribution is 2.26. The number of carbonyl (C=O) groups excluding carboxylic acids is 1. The monoisotopic (exact) mass is 318 g/mol. The summed E-state index contributed by atoms with van der Waals surface area (Å²) in [5, 5.41) is 0. The zero-order valence-electron chi connectivity index (χ0n) is 12.8. The number of hydrogen-bond acceptors (Lipinski definition) is 5. The fourth-order valence-corrected chi connectivity index (χ4v) is 2.60. The quantitative estimate of drug-likeness (QED) is 0.726. The lowest BCUT2D eigenvalue weighted by Crippen LogP contribution is -2.32. The van der Waals surface area contributed by atoms with E-state index in [-0.39, 0.29) is 5.91 Å². The number of hydrogen-bond donors (Lipinski definition) is 0. The first-order chi connectivity index (χ1) is 11.8. The number of ether oxygens (including phenoxy) is 1. The van der Waals surface area contributed by atoms with Gasteiger partial charge in [-0.1, -0.05) is 18.2 Å². The number of rotatable bonds is 2. The molecule has 0 atom stereocenters. The molecule has 6 heteroatoms. The number of anilines is 1. The van der Waals surface area contributed by atoms with Gasteiger partial charge in [0, 0.05) is 29.8 Å². The maximum absolute atomic E-state index is 12.8. The van der Waals surface area contributed by atoms with Crippen LogP contribution in [0.2, 0.25) is 0 Å². The molecule has 1 amide bonds. The molecule has 0 bridgehead atoms. The summed E-state index contributed by atoms with van der Waals surface area (Å²) < 4.78 is 5.70. The van der Waals surface area contributed by atoms with Crippen LogP contribution in [0.25, 0.3) is 11.4 Å². The Bertz CT molecular complexity index is 869. The largest absolute Gasteiger partial charge is 0.475 e. The molecule has 0 fully saturated rings. The predicted molar refractivity (Wildman–Crippen MR) is 88.9 cm³/mol. The van der Waals surface area contributed by atoms with E-state index in [0.29, 0.717) is 30.4 Å². The van der Waals surface area contributed by atoms with Gasteiger partial charge in [-0.2, -0.15) is 4.98 Å². The van der Waals surface area contributed by atoms with E-state index in [4.69, 9.17) is 4.74 Å². The fourth-order valence-electron chi connectivity index (χ4n) is 2.60. The average Bonchev–Trinajstić information content (AvgIpc) is 2.82. The molecule has 6 nitrogen and oxygen atoms in total. The summed E-state index contributed by atoms with van der Waals surface area (Å²) in [6, 6.07) is 13.1. The predicted octanol–water partition coefficient (Wildman–Crippen LogP) is 2.58. The SMILES string of the molecule is O=C1c2cnc(-c3ccncc3)nc2OCCN1c1ccccc1. The molecule has 118 valence electrons. The number of fused-ring (bicyclic) bond motifs is 1. The third-order valence-electron chi connectivity index (χ3n) is 3.79. The highest BCUT2D eigenvalue weighted by atomic mass is 16.5. The lowest BCUT2D eigenvalue weighted by Gasteiger charge is -2.19. The number of carbonyl (C=O) groups is 1. The Balaban J connectivity index is 1.72. The van der Waals surface area contributed by atoms with Crippen LogP contribution in [0.1, 0.15) is 10.4 Å². The zero-order valence-corrected chi connectivity index (χ0v) is 12.8. The van der Waals surface area contributed by atoms with Gasteiger partial charge in [-0.25, -0.2) is 4.98 Å². The number of benzene rings is 1. The Morgan fingerprint density at radius 2 is 1.83 bits per heavy atom. The van der Waals surface area contributed by atoms with Crippen LogP contribution >= 0.6 is 0 Å². The third kappa shape index (κ3) is 2.58. The van der Waals surface area contributed by atoms with Crippen LogP contribution in [0.4, 0.5) is 5.69 Å². The molecule has 0 spiro atoms. The van der Waals surface area contributed by atoms with Crippen molar-refractivity contribution in [3.63, 3.8) is 0 Å². The molecule has 24 heavy (non-hydrogen) atoms. The zero-order chi connectivity index (χ0) is 16.4. The van der Waals surface area contributed by atoms with Crippen molar-refractivity contribution in [1.82, 2.24) is 15.0 Å². The number of nitrogens with zero attached hydrogens (tertiary/aromatic N) is 4. The van der Waals surface area contributed by atoms with Crippen molar-refractivity contribution in [2.75, 3.05) is 18.1 Å². The molecule has 0 aliphatic carbocycles. The van der Waals surface area contributed by atoms with Crippen molar-refractivity contribution in [3.8, 4) is 17.3 Å². The molecule has 3 aromatic rings. The summed E-state index contributed by atoms with van der Waals surface area (Å²) in [7, 11) is 0. The van der Waals surface area contributed by atoms with E-state index in [0.717, 1.165) is 11.3 Å². The van der Waals surface area contributed by atoms with Gasteiger partial charge in [0.2, 0.25) is 5.88 Å². The minimum Gasteiger partial charge on any atom is -0.475 e. The number of aromatic nitrogens is 3. The standard InChI is InChI=1S/C18H14N4O2/c23-18-15-12-20-16(13-6-8-19-9-7-13)21-17(15)24-11-10-22(18)14-4-2-1-3-5-14/h1-9,12H,10-11H2. The van der Waals surface area contributed by atoms with E-state index in [2.05, 4.69) is 15.0 Å². The van der Waals surface area contributed by atoms with Gasteiger partial charge in [0.15, 0.2) is 5.82 Å². The van der Waals surface area contributed by atoms with E-state index < -0.39 is 0 Å². The molecule has 1 aliphatic heterocycles. The summed E-state index contributed by atoms with van der Waals surface area (Å²) in [6.07, 6.45) is 4.88. The Morgan fingerprint density at radius 3 is 2.62 bits per heavy atom. The summed E-state index contributed by atoms with van der Waals surface area (Å²) in [5.41, 5.74) is 2.03. The van der Waals surface area contributed by atoms with Crippen LogP contribution in [0.3, 0.4) is 0 Å². The molecule has 2 aromatic heterocycles.